The van der Waals surface area contributed by atoms with Crippen molar-refractivity contribution in [3.8, 4) is 0 Å². The molecule has 0 amide bonds. The van der Waals surface area contributed by atoms with Gasteiger partial charge in [0.15, 0.2) is 11.6 Å². The number of aliphatic carboxylic acids is 1. The number of ketones is 2. The third-order valence-corrected chi connectivity index (χ3v) is 3.60. The van der Waals surface area contributed by atoms with E-state index in [1.807, 2.05) is 13.8 Å². The van der Waals surface area contributed by atoms with Crippen LogP contribution in [0.3, 0.4) is 0 Å². The van der Waals surface area contributed by atoms with E-state index < -0.39 is 12.0 Å². The highest BCUT2D eigenvalue weighted by molar-refractivity contribution is 6.22. The van der Waals surface area contributed by atoms with Gasteiger partial charge < -0.3 is 16.2 Å². The summed E-state index contributed by atoms with van der Waals surface area (Å²) in [6, 6.07) is -0.836. The summed E-state index contributed by atoms with van der Waals surface area (Å²) in [6.07, 6.45) is 1.51. The third kappa shape index (κ3) is 4.67. The number of carboxylic acids is 1. The summed E-state index contributed by atoms with van der Waals surface area (Å²) in [6.45, 7) is 5.74. The minimum Gasteiger partial charge on any atom is -0.480 e. The van der Waals surface area contributed by atoms with Crippen molar-refractivity contribution in [1.29, 1.82) is 0 Å². The van der Waals surface area contributed by atoms with E-state index in [0.717, 1.165) is 0 Å². The normalized spacial score (nSPS) is 19.3. The number of carbonyl (C=O) groups excluding carboxylic acids is 2. The van der Waals surface area contributed by atoms with E-state index in [0.29, 0.717) is 37.9 Å². The van der Waals surface area contributed by atoms with E-state index in [1.54, 1.807) is 6.92 Å². The molecular weight excluding hydrogens is 272 g/mol. The Hall–Kier alpha value is -1.69. The van der Waals surface area contributed by atoms with Crippen LogP contribution in [0.15, 0.2) is 11.3 Å². The van der Waals surface area contributed by atoms with Gasteiger partial charge in [0.1, 0.15) is 6.04 Å². The first-order chi connectivity index (χ1) is 9.68. The van der Waals surface area contributed by atoms with Crippen molar-refractivity contribution in [2.24, 2.45) is 11.1 Å². The summed E-state index contributed by atoms with van der Waals surface area (Å²) in [5.74, 6) is -1.45. The molecule has 1 aliphatic rings. The fourth-order valence-corrected chi connectivity index (χ4v) is 2.60. The van der Waals surface area contributed by atoms with Crippen LogP contribution in [-0.4, -0.2) is 35.2 Å². The van der Waals surface area contributed by atoms with E-state index in [9.17, 15) is 14.4 Å². The van der Waals surface area contributed by atoms with Crippen molar-refractivity contribution < 1.29 is 19.5 Å². The lowest BCUT2D eigenvalue weighted by molar-refractivity contribution is -0.139. The zero-order valence-electron chi connectivity index (χ0n) is 12.9. The van der Waals surface area contributed by atoms with Crippen LogP contribution in [0.2, 0.25) is 0 Å². The number of carbonyl (C=O) groups is 3. The molecular formula is C15H24N2O4. The van der Waals surface area contributed by atoms with Gasteiger partial charge in [-0.2, -0.15) is 0 Å². The van der Waals surface area contributed by atoms with Gasteiger partial charge in [0.2, 0.25) is 0 Å². The summed E-state index contributed by atoms with van der Waals surface area (Å²) in [5.41, 5.74) is 5.52. The van der Waals surface area contributed by atoms with E-state index in [2.05, 4.69) is 5.32 Å². The van der Waals surface area contributed by atoms with Crippen LogP contribution in [0.25, 0.3) is 0 Å². The highest BCUT2D eigenvalue weighted by Crippen LogP contribution is 2.34. The summed E-state index contributed by atoms with van der Waals surface area (Å²) >= 11 is 0. The molecule has 1 rings (SSSR count). The molecule has 0 unspecified atom stereocenters. The Bertz CT molecular complexity index is 458. The van der Waals surface area contributed by atoms with Crippen molar-refractivity contribution >= 4 is 17.5 Å². The Morgan fingerprint density at radius 3 is 2.29 bits per heavy atom. The maximum atomic E-state index is 12.1. The molecule has 1 fully saturated rings. The molecule has 6 nitrogen and oxygen atoms in total. The lowest BCUT2D eigenvalue weighted by Gasteiger charge is -2.30. The molecule has 0 radical (unpaired) electrons. The predicted molar refractivity (Wildman–Crippen MR) is 78.6 cm³/mol. The van der Waals surface area contributed by atoms with Crippen LogP contribution in [0.5, 0.6) is 0 Å². The Labute approximate surface area is 124 Å². The molecule has 118 valence electrons. The second-order valence-electron chi connectivity index (χ2n) is 6.33. The lowest BCUT2D eigenvalue weighted by atomic mass is 9.73. The fourth-order valence-electron chi connectivity index (χ4n) is 2.60. The topological polar surface area (TPSA) is 109 Å². The van der Waals surface area contributed by atoms with Crippen LogP contribution in [-0.2, 0) is 14.4 Å². The molecule has 21 heavy (non-hydrogen) atoms. The summed E-state index contributed by atoms with van der Waals surface area (Å²) < 4.78 is 0. The van der Waals surface area contributed by atoms with Crippen LogP contribution < -0.4 is 11.1 Å². The van der Waals surface area contributed by atoms with Gasteiger partial charge in [-0.3, -0.25) is 9.59 Å². The van der Waals surface area contributed by atoms with Crippen molar-refractivity contribution in [2.45, 2.75) is 52.5 Å². The smallest absolute Gasteiger partial charge is 0.326 e. The van der Waals surface area contributed by atoms with Crippen molar-refractivity contribution in [3.05, 3.63) is 11.3 Å². The van der Waals surface area contributed by atoms with Crippen LogP contribution in [0, 0.1) is 5.41 Å². The number of allylic oxidation sites excluding steroid dienone is 2. The SMILES string of the molecule is CC(N[C@@H](CCCN)C(=O)O)=C1C(=O)CC(C)(C)CC1=O. The Morgan fingerprint density at radius 2 is 1.86 bits per heavy atom. The predicted octanol–water partition coefficient (Wildman–Crippen LogP) is 1.00. The second kappa shape index (κ2) is 6.85. The van der Waals surface area contributed by atoms with E-state index in [1.165, 1.54) is 0 Å². The maximum absolute atomic E-state index is 12.1. The zero-order valence-corrected chi connectivity index (χ0v) is 12.9. The zero-order chi connectivity index (χ0) is 16.2. The molecule has 1 saturated carbocycles. The second-order valence-corrected chi connectivity index (χ2v) is 6.33. The summed E-state index contributed by atoms with van der Waals surface area (Å²) in [4.78, 5) is 35.5. The number of rotatable bonds is 6. The highest BCUT2D eigenvalue weighted by atomic mass is 16.4. The summed E-state index contributed by atoms with van der Waals surface area (Å²) in [5, 5.41) is 12.0. The van der Waals surface area contributed by atoms with Crippen LogP contribution >= 0.6 is 0 Å². The van der Waals surface area contributed by atoms with Gasteiger partial charge in [0, 0.05) is 18.5 Å². The number of hydrogen-bond donors (Lipinski definition) is 3. The molecule has 0 heterocycles. The lowest BCUT2D eigenvalue weighted by Crippen LogP contribution is -2.39. The molecule has 0 aromatic carbocycles. The van der Waals surface area contributed by atoms with Gasteiger partial charge in [0.05, 0.1) is 5.57 Å². The molecule has 1 aliphatic carbocycles. The van der Waals surface area contributed by atoms with E-state index >= 15 is 0 Å². The van der Waals surface area contributed by atoms with Gasteiger partial charge in [-0.15, -0.1) is 0 Å². The van der Waals surface area contributed by atoms with Crippen molar-refractivity contribution in [2.75, 3.05) is 6.54 Å². The van der Waals surface area contributed by atoms with E-state index in [-0.39, 0.29) is 22.6 Å². The number of nitrogens with one attached hydrogen (secondary N) is 1. The number of nitrogens with two attached hydrogens (primary N) is 1. The van der Waals surface area contributed by atoms with Crippen molar-refractivity contribution in [1.82, 2.24) is 5.32 Å². The fraction of sp³-hybridized carbons (Fsp3) is 0.667. The van der Waals surface area contributed by atoms with Gasteiger partial charge in [-0.05, 0) is 31.7 Å². The van der Waals surface area contributed by atoms with Gasteiger partial charge in [0.25, 0.3) is 0 Å². The first kappa shape index (κ1) is 17.4. The highest BCUT2D eigenvalue weighted by Gasteiger charge is 2.37. The first-order valence-electron chi connectivity index (χ1n) is 7.14. The van der Waals surface area contributed by atoms with Gasteiger partial charge in [-0.1, -0.05) is 13.8 Å². The average Bonchev–Trinajstić information content (AvgIpc) is 2.31. The molecule has 0 spiro atoms. The monoisotopic (exact) mass is 296 g/mol. The van der Waals surface area contributed by atoms with Crippen LogP contribution in [0.4, 0.5) is 0 Å². The Balaban J connectivity index is 2.92. The Kier molecular flexibility index (Phi) is 5.66. The molecule has 6 heteroatoms. The van der Waals surface area contributed by atoms with Gasteiger partial charge in [-0.25, -0.2) is 4.79 Å². The number of Topliss-reactive ketones (excluding diaryl/α,β-unsaturated/α-hetero) is 2. The molecule has 0 aliphatic heterocycles. The van der Waals surface area contributed by atoms with E-state index in [4.69, 9.17) is 10.8 Å². The number of hydrogen-bond acceptors (Lipinski definition) is 5. The van der Waals surface area contributed by atoms with Crippen LogP contribution in [0.1, 0.15) is 46.5 Å². The molecule has 0 bridgehead atoms. The molecule has 0 aromatic rings. The van der Waals surface area contributed by atoms with Crippen molar-refractivity contribution in [3.63, 3.8) is 0 Å². The minimum atomic E-state index is -1.01. The average molecular weight is 296 g/mol. The molecule has 0 aromatic heterocycles. The minimum absolute atomic E-state index is 0.119. The standard InChI is InChI=1S/C15H24N2O4/c1-9(17-10(14(20)21)5-4-6-16)13-11(18)7-15(2,3)8-12(13)19/h10,17H,4-8,16H2,1-3H3,(H,20,21)/t10-/m0/s1. The molecule has 0 saturated heterocycles. The quantitative estimate of drug-likeness (QED) is 0.498. The molecule has 4 N–H and O–H groups in total. The largest absolute Gasteiger partial charge is 0.480 e. The first-order valence-corrected chi connectivity index (χ1v) is 7.14. The van der Waals surface area contributed by atoms with Gasteiger partial charge >= 0.3 is 5.97 Å². The third-order valence-electron chi connectivity index (χ3n) is 3.60. The molecule has 1 atom stereocenters. The maximum Gasteiger partial charge on any atom is 0.326 e. The Morgan fingerprint density at radius 1 is 1.33 bits per heavy atom. The summed E-state index contributed by atoms with van der Waals surface area (Å²) in [7, 11) is 0. The number of carboxylic acid groups (broad SMARTS) is 1.